The van der Waals surface area contributed by atoms with Crippen LogP contribution in [0.2, 0.25) is 5.02 Å². The van der Waals surface area contributed by atoms with E-state index in [1.165, 1.54) is 11.3 Å². The van der Waals surface area contributed by atoms with E-state index < -0.39 is 5.97 Å². The van der Waals surface area contributed by atoms with E-state index in [-0.39, 0.29) is 6.42 Å². The molecule has 0 spiro atoms. The Morgan fingerprint density at radius 2 is 1.93 bits per heavy atom. The summed E-state index contributed by atoms with van der Waals surface area (Å²) in [6.45, 7) is 0. The number of fused-ring (bicyclic) bond motifs is 1. The maximum Gasteiger partial charge on any atom is 0.308 e. The first kappa shape index (κ1) is 17.5. The van der Waals surface area contributed by atoms with E-state index in [1.54, 1.807) is 12.1 Å². The summed E-state index contributed by atoms with van der Waals surface area (Å²) in [5.41, 5.74) is 3.37. The van der Waals surface area contributed by atoms with Crippen LogP contribution >= 0.6 is 22.9 Å². The highest BCUT2D eigenvalue weighted by atomic mass is 35.5. The van der Waals surface area contributed by atoms with E-state index in [2.05, 4.69) is 9.97 Å². The molecule has 0 aliphatic heterocycles. The lowest BCUT2D eigenvalue weighted by molar-refractivity contribution is -0.135. The molecule has 4 aromatic rings. The first-order valence-electron chi connectivity index (χ1n) is 8.08. The van der Waals surface area contributed by atoms with Crippen LogP contribution in [0.4, 0.5) is 0 Å². The van der Waals surface area contributed by atoms with E-state index in [0.717, 1.165) is 10.6 Å². The molecule has 0 radical (unpaired) electrons. The van der Waals surface area contributed by atoms with Gasteiger partial charge in [-0.3, -0.25) is 4.79 Å². The zero-order valence-electron chi connectivity index (χ0n) is 13.9. The van der Waals surface area contributed by atoms with Crippen LogP contribution in [-0.4, -0.2) is 21.0 Å². The third kappa shape index (κ3) is 3.92. The van der Waals surface area contributed by atoms with Crippen molar-refractivity contribution in [2.75, 3.05) is 0 Å². The number of aliphatic carboxylic acids is 1. The SMILES string of the molecule is O=C(O)CC(=Cc1csc(-c2ccc(Cl)cc2)n1)c1nc2ccccc2o1. The minimum absolute atomic E-state index is 0.208. The van der Waals surface area contributed by atoms with Gasteiger partial charge in [-0.05, 0) is 30.3 Å². The van der Waals surface area contributed by atoms with Crippen LogP contribution in [0.3, 0.4) is 0 Å². The van der Waals surface area contributed by atoms with Crippen molar-refractivity contribution in [1.82, 2.24) is 9.97 Å². The van der Waals surface area contributed by atoms with E-state index in [1.807, 2.05) is 47.8 Å². The molecule has 0 fully saturated rings. The van der Waals surface area contributed by atoms with Crippen LogP contribution < -0.4 is 0 Å². The van der Waals surface area contributed by atoms with Crippen molar-refractivity contribution in [3.05, 3.63) is 70.5 Å². The van der Waals surface area contributed by atoms with Crippen molar-refractivity contribution in [3.8, 4) is 10.6 Å². The third-order valence-electron chi connectivity index (χ3n) is 3.85. The van der Waals surface area contributed by atoms with Crippen molar-refractivity contribution in [2.45, 2.75) is 6.42 Å². The minimum atomic E-state index is -0.961. The lowest BCUT2D eigenvalue weighted by Gasteiger charge is -1.99. The zero-order valence-corrected chi connectivity index (χ0v) is 15.5. The summed E-state index contributed by atoms with van der Waals surface area (Å²) in [5, 5.41) is 12.6. The highest BCUT2D eigenvalue weighted by Crippen LogP contribution is 2.29. The fourth-order valence-corrected chi connectivity index (χ4v) is 3.53. The maximum atomic E-state index is 11.3. The Bertz CT molecular complexity index is 1110. The standard InChI is InChI=1S/C20H13ClN2O3S/c21-14-7-5-12(6-8-14)20-22-15(11-27-20)9-13(10-18(24)25)19-23-16-3-1-2-4-17(16)26-19/h1-9,11H,10H2,(H,24,25). The molecule has 1 N–H and O–H groups in total. The number of rotatable bonds is 5. The molecule has 2 heterocycles. The Morgan fingerprint density at radius 1 is 1.15 bits per heavy atom. The van der Waals surface area contributed by atoms with Gasteiger partial charge in [0.1, 0.15) is 10.5 Å². The molecule has 0 bridgehead atoms. The van der Waals surface area contributed by atoms with Crippen molar-refractivity contribution in [1.29, 1.82) is 0 Å². The number of oxazole rings is 1. The fourth-order valence-electron chi connectivity index (χ4n) is 2.62. The molecule has 134 valence electrons. The number of benzene rings is 2. The largest absolute Gasteiger partial charge is 0.481 e. The quantitative estimate of drug-likeness (QED) is 0.473. The Morgan fingerprint density at radius 3 is 2.67 bits per heavy atom. The second-order valence-electron chi connectivity index (χ2n) is 5.81. The fraction of sp³-hybridized carbons (Fsp3) is 0.0500. The van der Waals surface area contributed by atoms with Gasteiger partial charge in [-0.15, -0.1) is 11.3 Å². The molecule has 0 aliphatic carbocycles. The molecule has 4 rings (SSSR count). The lowest BCUT2D eigenvalue weighted by Crippen LogP contribution is -1.97. The number of nitrogens with zero attached hydrogens (tertiary/aromatic N) is 2. The van der Waals surface area contributed by atoms with Crippen molar-refractivity contribution in [3.63, 3.8) is 0 Å². The number of halogens is 1. The molecule has 0 saturated heterocycles. The van der Waals surface area contributed by atoms with Gasteiger partial charge >= 0.3 is 5.97 Å². The summed E-state index contributed by atoms with van der Waals surface area (Å²) in [5.74, 6) is -0.670. The normalized spacial score (nSPS) is 11.8. The second-order valence-corrected chi connectivity index (χ2v) is 7.11. The average molecular weight is 397 g/mol. The number of thiazole rings is 1. The summed E-state index contributed by atoms with van der Waals surface area (Å²) in [6, 6.07) is 14.7. The monoisotopic (exact) mass is 396 g/mol. The van der Waals surface area contributed by atoms with Gasteiger partial charge < -0.3 is 9.52 Å². The molecule has 2 aromatic heterocycles. The number of hydrogen-bond donors (Lipinski definition) is 1. The number of hydrogen-bond acceptors (Lipinski definition) is 5. The highest BCUT2D eigenvalue weighted by molar-refractivity contribution is 7.13. The molecule has 5 nitrogen and oxygen atoms in total. The van der Waals surface area contributed by atoms with Crippen LogP contribution in [0.5, 0.6) is 0 Å². The van der Waals surface area contributed by atoms with E-state index in [0.29, 0.717) is 33.3 Å². The number of aromatic nitrogens is 2. The first-order chi connectivity index (χ1) is 13.1. The number of carbonyl (C=O) groups is 1. The maximum absolute atomic E-state index is 11.3. The Labute approximate surface area is 163 Å². The molecular weight excluding hydrogens is 384 g/mol. The van der Waals surface area contributed by atoms with Gasteiger partial charge in [0.15, 0.2) is 5.58 Å². The van der Waals surface area contributed by atoms with Crippen molar-refractivity contribution in [2.24, 2.45) is 0 Å². The molecule has 7 heteroatoms. The van der Waals surface area contributed by atoms with Gasteiger partial charge in [-0.25, -0.2) is 9.97 Å². The zero-order chi connectivity index (χ0) is 18.8. The minimum Gasteiger partial charge on any atom is -0.481 e. The smallest absolute Gasteiger partial charge is 0.308 e. The number of carboxylic acid groups (broad SMARTS) is 1. The summed E-state index contributed by atoms with van der Waals surface area (Å²) < 4.78 is 5.73. The van der Waals surface area contributed by atoms with Crippen LogP contribution in [0.1, 0.15) is 18.0 Å². The Kier molecular flexibility index (Phi) is 4.75. The van der Waals surface area contributed by atoms with Crippen LogP contribution in [0.15, 0.2) is 58.3 Å². The van der Waals surface area contributed by atoms with Gasteiger partial charge in [-0.2, -0.15) is 0 Å². The molecule has 0 unspecified atom stereocenters. The average Bonchev–Trinajstić information content (AvgIpc) is 3.28. The van der Waals surface area contributed by atoms with Crippen LogP contribution in [0, 0.1) is 0 Å². The molecule has 27 heavy (non-hydrogen) atoms. The summed E-state index contributed by atoms with van der Waals surface area (Å²) >= 11 is 7.40. The molecule has 0 atom stereocenters. The predicted molar refractivity (Wildman–Crippen MR) is 107 cm³/mol. The molecule has 0 aliphatic rings. The number of para-hydroxylation sites is 2. The van der Waals surface area contributed by atoms with Crippen molar-refractivity contribution < 1.29 is 14.3 Å². The Balaban J connectivity index is 1.71. The third-order valence-corrected chi connectivity index (χ3v) is 5.01. The van der Waals surface area contributed by atoms with Crippen LogP contribution in [0.25, 0.3) is 33.3 Å². The summed E-state index contributed by atoms with van der Waals surface area (Å²) in [7, 11) is 0. The number of carboxylic acids is 1. The van der Waals surface area contributed by atoms with Gasteiger partial charge in [-0.1, -0.05) is 35.9 Å². The lowest BCUT2D eigenvalue weighted by atomic mass is 10.1. The molecular formula is C20H13ClN2O3S. The molecule has 0 saturated carbocycles. The van der Waals surface area contributed by atoms with Gasteiger partial charge in [0.2, 0.25) is 5.89 Å². The van der Waals surface area contributed by atoms with Gasteiger partial charge in [0.05, 0.1) is 12.1 Å². The Hall–Kier alpha value is -2.96. The van der Waals surface area contributed by atoms with E-state index in [4.69, 9.17) is 16.0 Å². The van der Waals surface area contributed by atoms with E-state index in [9.17, 15) is 9.90 Å². The van der Waals surface area contributed by atoms with Crippen molar-refractivity contribution >= 4 is 51.7 Å². The molecule has 0 amide bonds. The van der Waals surface area contributed by atoms with Gasteiger partial charge in [0, 0.05) is 21.5 Å². The van der Waals surface area contributed by atoms with Gasteiger partial charge in [0.25, 0.3) is 0 Å². The summed E-state index contributed by atoms with van der Waals surface area (Å²) in [4.78, 5) is 20.3. The van der Waals surface area contributed by atoms with Crippen LogP contribution in [-0.2, 0) is 4.79 Å². The first-order valence-corrected chi connectivity index (χ1v) is 9.34. The second kappa shape index (κ2) is 7.34. The highest BCUT2D eigenvalue weighted by Gasteiger charge is 2.15. The topological polar surface area (TPSA) is 76.2 Å². The summed E-state index contributed by atoms with van der Waals surface area (Å²) in [6.07, 6.45) is 1.50. The molecule has 2 aromatic carbocycles. The van der Waals surface area contributed by atoms with E-state index >= 15 is 0 Å². The predicted octanol–water partition coefficient (Wildman–Crippen LogP) is 5.62.